The van der Waals surface area contributed by atoms with Gasteiger partial charge in [-0.15, -0.1) is 0 Å². The molecule has 2 N–H and O–H groups in total. The Bertz CT molecular complexity index is 224. The highest BCUT2D eigenvalue weighted by molar-refractivity contribution is 7.84. The summed E-state index contributed by atoms with van der Waals surface area (Å²) < 4.78 is 10.7. The number of amides is 1. The number of carbonyl (C=O) groups excluding carboxylic acids is 1. The van der Waals surface area contributed by atoms with Gasteiger partial charge in [-0.3, -0.25) is 9.00 Å². The molecule has 0 spiro atoms. The molecule has 0 aromatic heterocycles. The van der Waals surface area contributed by atoms with Gasteiger partial charge in [-0.25, -0.2) is 0 Å². The Labute approximate surface area is 94.7 Å². The minimum Gasteiger partial charge on any atom is -0.355 e. The Kier molecular flexibility index (Phi) is 6.76. The third-order valence-electron chi connectivity index (χ3n) is 1.71. The summed E-state index contributed by atoms with van der Waals surface area (Å²) in [4.78, 5) is 11.3. The molecule has 0 radical (unpaired) electrons. The van der Waals surface area contributed by atoms with Crippen molar-refractivity contribution in [3.63, 3.8) is 0 Å². The van der Waals surface area contributed by atoms with Crippen LogP contribution in [0.4, 0.5) is 0 Å². The first-order valence-electron chi connectivity index (χ1n) is 5.13. The lowest BCUT2D eigenvalue weighted by atomic mass is 10.1. The van der Waals surface area contributed by atoms with Crippen LogP contribution in [0.15, 0.2) is 0 Å². The van der Waals surface area contributed by atoms with Gasteiger partial charge in [0.05, 0.1) is 6.54 Å². The van der Waals surface area contributed by atoms with Gasteiger partial charge in [0.1, 0.15) is 0 Å². The number of hydrogen-bond donors (Lipinski definition) is 2. The second-order valence-electron chi connectivity index (χ2n) is 4.58. The molecule has 4 nitrogen and oxygen atoms in total. The monoisotopic (exact) mass is 234 g/mol. The predicted octanol–water partition coefficient (Wildman–Crippen LogP) is 0.259. The van der Waals surface area contributed by atoms with Crippen molar-refractivity contribution in [2.24, 2.45) is 0 Å². The first-order valence-corrected chi connectivity index (χ1v) is 6.86. The van der Waals surface area contributed by atoms with E-state index in [9.17, 15) is 9.00 Å². The minimum atomic E-state index is -0.765. The average molecular weight is 234 g/mol. The van der Waals surface area contributed by atoms with Crippen LogP contribution in [0.1, 0.15) is 27.2 Å². The summed E-state index contributed by atoms with van der Waals surface area (Å²) >= 11 is 0. The van der Waals surface area contributed by atoms with E-state index in [0.717, 1.165) is 6.42 Å². The Morgan fingerprint density at radius 2 is 1.93 bits per heavy atom. The zero-order valence-corrected chi connectivity index (χ0v) is 10.9. The zero-order chi connectivity index (χ0) is 11.9. The van der Waals surface area contributed by atoms with Crippen molar-refractivity contribution in [2.75, 3.05) is 25.1 Å². The van der Waals surface area contributed by atoms with Crippen LogP contribution in [-0.4, -0.2) is 40.8 Å². The van der Waals surface area contributed by atoms with E-state index in [1.54, 1.807) is 6.26 Å². The molecule has 1 amide bonds. The minimum absolute atomic E-state index is 0.00758. The molecule has 0 aliphatic heterocycles. The summed E-state index contributed by atoms with van der Waals surface area (Å²) in [6.45, 7) is 6.98. The van der Waals surface area contributed by atoms with Gasteiger partial charge in [0.15, 0.2) is 0 Å². The van der Waals surface area contributed by atoms with Crippen molar-refractivity contribution in [1.82, 2.24) is 10.6 Å². The maximum absolute atomic E-state index is 11.3. The summed E-state index contributed by atoms with van der Waals surface area (Å²) in [5.41, 5.74) is -0.0394. The molecule has 15 heavy (non-hydrogen) atoms. The van der Waals surface area contributed by atoms with Gasteiger partial charge in [-0.1, -0.05) is 0 Å². The van der Waals surface area contributed by atoms with E-state index in [-0.39, 0.29) is 11.4 Å². The standard InChI is InChI=1S/C10H22N2O2S/c1-10(2,3)12-8-9(13)11-6-5-7-15(4)14/h12H,5-8H2,1-4H3,(H,11,13). The zero-order valence-electron chi connectivity index (χ0n) is 10.1. The van der Waals surface area contributed by atoms with Gasteiger partial charge in [0, 0.05) is 34.9 Å². The summed E-state index contributed by atoms with van der Waals surface area (Å²) in [6.07, 6.45) is 2.44. The Balaban J connectivity index is 3.46. The molecular formula is C10H22N2O2S. The number of carbonyl (C=O) groups is 1. The van der Waals surface area contributed by atoms with Crippen molar-refractivity contribution in [3.05, 3.63) is 0 Å². The topological polar surface area (TPSA) is 58.2 Å². The van der Waals surface area contributed by atoms with Gasteiger partial charge in [-0.05, 0) is 27.2 Å². The first kappa shape index (κ1) is 14.6. The first-order chi connectivity index (χ1) is 6.81. The van der Waals surface area contributed by atoms with Crippen LogP contribution in [-0.2, 0) is 15.6 Å². The third kappa shape index (κ3) is 11.5. The molecule has 0 saturated carbocycles. The molecule has 0 aliphatic rings. The van der Waals surface area contributed by atoms with E-state index in [1.807, 2.05) is 20.8 Å². The highest BCUT2D eigenvalue weighted by Gasteiger charge is 2.10. The van der Waals surface area contributed by atoms with Gasteiger partial charge >= 0.3 is 0 Å². The average Bonchev–Trinajstić information content (AvgIpc) is 2.07. The Morgan fingerprint density at radius 3 is 2.40 bits per heavy atom. The summed E-state index contributed by atoms with van der Waals surface area (Å²) in [5, 5.41) is 5.87. The fourth-order valence-corrected chi connectivity index (χ4v) is 1.46. The molecule has 0 rings (SSSR count). The van der Waals surface area contributed by atoms with Crippen molar-refractivity contribution < 1.29 is 9.00 Å². The van der Waals surface area contributed by atoms with Crippen molar-refractivity contribution in [3.8, 4) is 0 Å². The molecule has 0 saturated heterocycles. The molecule has 0 heterocycles. The molecule has 0 aromatic rings. The second kappa shape index (κ2) is 6.95. The van der Waals surface area contributed by atoms with Crippen LogP contribution < -0.4 is 10.6 Å². The van der Waals surface area contributed by atoms with Crippen LogP contribution in [0, 0.1) is 0 Å². The highest BCUT2D eigenvalue weighted by Crippen LogP contribution is 1.96. The van der Waals surface area contributed by atoms with Gasteiger partial charge in [0.25, 0.3) is 0 Å². The van der Waals surface area contributed by atoms with E-state index in [4.69, 9.17) is 0 Å². The number of nitrogens with one attached hydrogen (secondary N) is 2. The SMILES string of the molecule is CS(=O)CCCNC(=O)CNC(C)(C)C. The quantitative estimate of drug-likeness (QED) is 0.648. The van der Waals surface area contributed by atoms with Crippen LogP contribution in [0.3, 0.4) is 0 Å². The van der Waals surface area contributed by atoms with E-state index >= 15 is 0 Å². The fourth-order valence-electron chi connectivity index (χ4n) is 0.911. The molecule has 5 heteroatoms. The van der Waals surface area contributed by atoms with Crippen LogP contribution >= 0.6 is 0 Å². The van der Waals surface area contributed by atoms with Gasteiger partial charge in [0.2, 0.25) is 5.91 Å². The van der Waals surface area contributed by atoms with Crippen LogP contribution in [0.25, 0.3) is 0 Å². The van der Waals surface area contributed by atoms with Crippen molar-refractivity contribution in [1.29, 1.82) is 0 Å². The van der Waals surface area contributed by atoms with Crippen molar-refractivity contribution in [2.45, 2.75) is 32.7 Å². The largest absolute Gasteiger partial charge is 0.355 e. The molecule has 90 valence electrons. The lowest BCUT2D eigenvalue weighted by Gasteiger charge is -2.19. The van der Waals surface area contributed by atoms with E-state index in [0.29, 0.717) is 18.8 Å². The van der Waals surface area contributed by atoms with Crippen molar-refractivity contribution >= 4 is 16.7 Å². The maximum Gasteiger partial charge on any atom is 0.233 e. The van der Waals surface area contributed by atoms with Gasteiger partial charge in [-0.2, -0.15) is 0 Å². The maximum atomic E-state index is 11.3. The van der Waals surface area contributed by atoms with Gasteiger partial charge < -0.3 is 10.6 Å². The Hall–Kier alpha value is -0.420. The van der Waals surface area contributed by atoms with Crippen LogP contribution in [0.5, 0.6) is 0 Å². The van der Waals surface area contributed by atoms with E-state index in [1.165, 1.54) is 0 Å². The molecule has 0 fully saturated rings. The lowest BCUT2D eigenvalue weighted by molar-refractivity contribution is -0.120. The Morgan fingerprint density at radius 1 is 1.33 bits per heavy atom. The molecule has 0 aromatic carbocycles. The smallest absolute Gasteiger partial charge is 0.233 e. The van der Waals surface area contributed by atoms with Crippen LogP contribution in [0.2, 0.25) is 0 Å². The number of hydrogen-bond acceptors (Lipinski definition) is 3. The molecule has 1 unspecified atom stereocenters. The molecule has 1 atom stereocenters. The van der Waals surface area contributed by atoms with E-state index in [2.05, 4.69) is 10.6 Å². The highest BCUT2D eigenvalue weighted by atomic mass is 32.2. The summed E-state index contributed by atoms with van der Waals surface area (Å²) in [7, 11) is -0.765. The summed E-state index contributed by atoms with van der Waals surface area (Å²) in [5.74, 6) is 0.638. The molecule has 0 bridgehead atoms. The molecular weight excluding hydrogens is 212 g/mol. The predicted molar refractivity (Wildman–Crippen MR) is 64.3 cm³/mol. The number of rotatable bonds is 6. The van der Waals surface area contributed by atoms with E-state index < -0.39 is 10.8 Å². The lowest BCUT2D eigenvalue weighted by Crippen LogP contribution is -2.43. The summed E-state index contributed by atoms with van der Waals surface area (Å²) in [6, 6.07) is 0. The second-order valence-corrected chi connectivity index (χ2v) is 6.14. The fraction of sp³-hybridized carbons (Fsp3) is 0.900. The third-order valence-corrected chi connectivity index (χ3v) is 2.57. The molecule has 0 aliphatic carbocycles. The normalized spacial score (nSPS) is 13.6.